The first-order valence-corrected chi connectivity index (χ1v) is 6.38. The summed E-state index contributed by atoms with van der Waals surface area (Å²) in [4.78, 5) is 19.1. The smallest absolute Gasteiger partial charge is 0.275 e. The number of benzene rings is 1. The van der Waals surface area contributed by atoms with Crippen molar-refractivity contribution < 1.29 is 0 Å². The van der Waals surface area contributed by atoms with Crippen molar-refractivity contribution in [1.29, 1.82) is 0 Å². The number of rotatable bonds is 3. The van der Waals surface area contributed by atoms with E-state index in [2.05, 4.69) is 20.4 Å². The number of anilines is 1. The zero-order valence-electron chi connectivity index (χ0n) is 11.3. The molecule has 3 aromatic rings. The number of fused-ring (bicyclic) bond motifs is 1. The van der Waals surface area contributed by atoms with Crippen molar-refractivity contribution in [2.45, 2.75) is 20.4 Å². The van der Waals surface area contributed by atoms with Gasteiger partial charge in [0.2, 0.25) is 5.78 Å². The molecule has 0 saturated heterocycles. The van der Waals surface area contributed by atoms with E-state index in [1.54, 1.807) is 0 Å². The quantitative estimate of drug-likeness (QED) is 0.758. The van der Waals surface area contributed by atoms with Crippen LogP contribution in [0.5, 0.6) is 0 Å². The zero-order valence-corrected chi connectivity index (χ0v) is 11.3. The summed E-state index contributed by atoms with van der Waals surface area (Å²) in [5.74, 6) is 1.04. The molecule has 0 atom stereocenters. The molecular formula is C14H15N5O. The lowest BCUT2D eigenvalue weighted by molar-refractivity contribution is 0.852. The molecular weight excluding hydrogens is 254 g/mol. The fraction of sp³-hybridized carbons (Fsp3) is 0.214. The SMILES string of the molecule is Cc1ccc(NCc2nc3[nH]c(C)cc(=O)n3n2)cc1. The van der Waals surface area contributed by atoms with Gasteiger partial charge in [-0.15, -0.1) is 5.10 Å². The lowest BCUT2D eigenvalue weighted by Gasteiger charge is -2.03. The minimum Gasteiger partial charge on any atom is -0.378 e. The Hall–Kier alpha value is -2.63. The first kappa shape index (κ1) is 12.4. The highest BCUT2D eigenvalue weighted by atomic mass is 16.1. The number of aryl methyl sites for hydroxylation is 2. The standard InChI is InChI=1S/C14H15N5O/c1-9-3-5-11(6-4-9)15-8-12-17-14-16-10(2)7-13(20)19(14)18-12/h3-7,15H,8H2,1-2H3,(H,16,17,18). The highest BCUT2D eigenvalue weighted by molar-refractivity contribution is 5.44. The fourth-order valence-corrected chi connectivity index (χ4v) is 1.98. The van der Waals surface area contributed by atoms with E-state index < -0.39 is 0 Å². The summed E-state index contributed by atoms with van der Waals surface area (Å²) in [5, 5.41) is 7.41. The number of nitrogens with zero attached hydrogens (tertiary/aromatic N) is 3. The molecule has 0 unspecified atom stereocenters. The molecule has 6 heteroatoms. The van der Waals surface area contributed by atoms with Crippen LogP contribution < -0.4 is 10.9 Å². The van der Waals surface area contributed by atoms with Gasteiger partial charge in [-0.25, -0.2) is 0 Å². The third-order valence-corrected chi connectivity index (χ3v) is 3.01. The molecule has 0 aliphatic rings. The Morgan fingerprint density at radius 1 is 1.25 bits per heavy atom. The summed E-state index contributed by atoms with van der Waals surface area (Å²) in [6, 6.07) is 9.57. The Bertz CT molecular complexity index is 801. The van der Waals surface area contributed by atoms with Gasteiger partial charge < -0.3 is 10.3 Å². The van der Waals surface area contributed by atoms with Gasteiger partial charge in [0.1, 0.15) is 0 Å². The van der Waals surface area contributed by atoms with Crippen molar-refractivity contribution in [2.24, 2.45) is 0 Å². The maximum atomic E-state index is 11.7. The lowest BCUT2D eigenvalue weighted by atomic mass is 10.2. The van der Waals surface area contributed by atoms with E-state index in [4.69, 9.17) is 0 Å². The molecule has 0 fully saturated rings. The molecule has 2 heterocycles. The number of aromatic amines is 1. The van der Waals surface area contributed by atoms with Crippen LogP contribution in [0, 0.1) is 13.8 Å². The van der Waals surface area contributed by atoms with Crippen molar-refractivity contribution in [2.75, 3.05) is 5.32 Å². The normalized spacial score (nSPS) is 10.9. The summed E-state index contributed by atoms with van der Waals surface area (Å²) in [7, 11) is 0. The molecule has 2 aromatic heterocycles. The van der Waals surface area contributed by atoms with E-state index in [1.165, 1.54) is 16.1 Å². The summed E-state index contributed by atoms with van der Waals surface area (Å²) in [6.07, 6.45) is 0. The predicted molar refractivity (Wildman–Crippen MR) is 76.9 cm³/mol. The highest BCUT2D eigenvalue weighted by Gasteiger charge is 2.06. The molecule has 0 aliphatic heterocycles. The van der Waals surface area contributed by atoms with Gasteiger partial charge in [-0.1, -0.05) is 17.7 Å². The van der Waals surface area contributed by atoms with Gasteiger partial charge in [-0.3, -0.25) is 4.79 Å². The molecule has 20 heavy (non-hydrogen) atoms. The largest absolute Gasteiger partial charge is 0.378 e. The zero-order chi connectivity index (χ0) is 14.1. The Balaban J connectivity index is 1.83. The summed E-state index contributed by atoms with van der Waals surface area (Å²) in [6.45, 7) is 4.33. The van der Waals surface area contributed by atoms with Crippen LogP contribution in [0.3, 0.4) is 0 Å². The van der Waals surface area contributed by atoms with Gasteiger partial charge in [0.25, 0.3) is 5.56 Å². The molecule has 1 aromatic carbocycles. The summed E-state index contributed by atoms with van der Waals surface area (Å²) in [5.41, 5.74) is 2.80. The van der Waals surface area contributed by atoms with Crippen LogP contribution in [0.1, 0.15) is 17.1 Å². The van der Waals surface area contributed by atoms with Crippen LogP contribution in [0.15, 0.2) is 35.1 Å². The maximum absolute atomic E-state index is 11.7. The number of aromatic nitrogens is 4. The molecule has 0 bridgehead atoms. The average Bonchev–Trinajstić information content (AvgIpc) is 2.81. The van der Waals surface area contributed by atoms with E-state index >= 15 is 0 Å². The maximum Gasteiger partial charge on any atom is 0.275 e. The first-order valence-electron chi connectivity index (χ1n) is 6.38. The summed E-state index contributed by atoms with van der Waals surface area (Å²) < 4.78 is 1.28. The molecule has 0 amide bonds. The molecule has 0 spiro atoms. The molecule has 0 aliphatic carbocycles. The first-order chi connectivity index (χ1) is 9.61. The molecule has 6 nitrogen and oxygen atoms in total. The van der Waals surface area contributed by atoms with Gasteiger partial charge in [0.05, 0.1) is 6.54 Å². The Labute approximate surface area is 115 Å². The van der Waals surface area contributed by atoms with E-state index in [-0.39, 0.29) is 5.56 Å². The lowest BCUT2D eigenvalue weighted by Crippen LogP contribution is -2.14. The van der Waals surface area contributed by atoms with Gasteiger partial charge >= 0.3 is 0 Å². The van der Waals surface area contributed by atoms with Gasteiger partial charge in [0, 0.05) is 17.4 Å². The Morgan fingerprint density at radius 2 is 2.00 bits per heavy atom. The van der Waals surface area contributed by atoms with Crippen molar-refractivity contribution in [3.63, 3.8) is 0 Å². The highest BCUT2D eigenvalue weighted by Crippen LogP contribution is 2.09. The minimum atomic E-state index is -0.176. The second-order valence-corrected chi connectivity index (χ2v) is 4.77. The van der Waals surface area contributed by atoms with E-state index in [1.807, 2.05) is 38.1 Å². The van der Waals surface area contributed by atoms with E-state index in [0.29, 0.717) is 18.1 Å². The van der Waals surface area contributed by atoms with Gasteiger partial charge in [0.15, 0.2) is 5.82 Å². The number of hydrogen-bond donors (Lipinski definition) is 2. The Kier molecular flexibility index (Phi) is 2.98. The number of H-pyrrole nitrogens is 1. The van der Waals surface area contributed by atoms with Crippen LogP contribution >= 0.6 is 0 Å². The number of hydrogen-bond acceptors (Lipinski definition) is 4. The molecule has 2 N–H and O–H groups in total. The van der Waals surface area contributed by atoms with Crippen molar-refractivity contribution in [3.8, 4) is 0 Å². The monoisotopic (exact) mass is 269 g/mol. The van der Waals surface area contributed by atoms with Gasteiger partial charge in [-0.2, -0.15) is 9.50 Å². The van der Waals surface area contributed by atoms with Gasteiger partial charge in [-0.05, 0) is 26.0 Å². The molecule has 3 rings (SSSR count). The number of nitrogens with one attached hydrogen (secondary N) is 2. The van der Waals surface area contributed by atoms with Crippen LogP contribution in [-0.2, 0) is 6.54 Å². The molecule has 102 valence electrons. The van der Waals surface area contributed by atoms with Crippen molar-refractivity contribution in [3.05, 3.63) is 57.8 Å². The average molecular weight is 269 g/mol. The fourth-order valence-electron chi connectivity index (χ4n) is 1.98. The topological polar surface area (TPSA) is 75.1 Å². The van der Waals surface area contributed by atoms with E-state index in [0.717, 1.165) is 11.4 Å². The van der Waals surface area contributed by atoms with Crippen LogP contribution in [0.2, 0.25) is 0 Å². The van der Waals surface area contributed by atoms with Crippen molar-refractivity contribution >= 4 is 11.5 Å². The van der Waals surface area contributed by atoms with Crippen LogP contribution in [-0.4, -0.2) is 19.6 Å². The van der Waals surface area contributed by atoms with Crippen LogP contribution in [0.4, 0.5) is 5.69 Å². The Morgan fingerprint density at radius 3 is 2.75 bits per heavy atom. The second kappa shape index (κ2) is 4.80. The summed E-state index contributed by atoms with van der Waals surface area (Å²) >= 11 is 0. The second-order valence-electron chi connectivity index (χ2n) is 4.77. The van der Waals surface area contributed by atoms with Crippen molar-refractivity contribution in [1.82, 2.24) is 19.6 Å². The third kappa shape index (κ3) is 2.40. The minimum absolute atomic E-state index is 0.176. The predicted octanol–water partition coefficient (Wildman–Crippen LogP) is 1.65. The third-order valence-electron chi connectivity index (χ3n) is 3.01. The molecule has 0 radical (unpaired) electrons. The van der Waals surface area contributed by atoms with Crippen LogP contribution in [0.25, 0.3) is 5.78 Å². The van der Waals surface area contributed by atoms with E-state index in [9.17, 15) is 4.79 Å². The molecule has 0 saturated carbocycles.